The van der Waals surface area contributed by atoms with Gasteiger partial charge in [0.25, 0.3) is 15.9 Å². The van der Waals surface area contributed by atoms with Gasteiger partial charge in [-0.1, -0.05) is 44.2 Å². The van der Waals surface area contributed by atoms with E-state index in [-0.39, 0.29) is 22.4 Å². The summed E-state index contributed by atoms with van der Waals surface area (Å²) in [5, 5.41) is 4.57. The fourth-order valence-corrected chi connectivity index (χ4v) is 7.41. The Hall–Kier alpha value is -3.27. The molecule has 0 atom stereocenters. The minimum absolute atomic E-state index is 0.0210. The molecule has 0 saturated heterocycles. The number of sulfonamides is 1. The highest BCUT2D eigenvalue weighted by Gasteiger charge is 2.41. The van der Waals surface area contributed by atoms with E-state index >= 15 is 0 Å². The van der Waals surface area contributed by atoms with E-state index in [1.165, 1.54) is 23.5 Å². The lowest BCUT2D eigenvalue weighted by molar-refractivity contribution is 0.0865. The van der Waals surface area contributed by atoms with E-state index in [0.29, 0.717) is 33.3 Å². The van der Waals surface area contributed by atoms with Crippen molar-refractivity contribution < 1.29 is 13.2 Å². The van der Waals surface area contributed by atoms with Crippen LogP contribution < -0.4 is 10.7 Å². The molecule has 1 aromatic heterocycles. The minimum Gasteiger partial charge on any atom is -0.383 e. The third-order valence-electron chi connectivity index (χ3n) is 6.67. The molecule has 0 bridgehead atoms. The normalized spacial score (nSPS) is 14.6. The third-order valence-corrected chi connectivity index (χ3v) is 9.71. The van der Waals surface area contributed by atoms with Gasteiger partial charge in [-0.25, -0.2) is 12.7 Å². The van der Waals surface area contributed by atoms with Crippen molar-refractivity contribution in [3.05, 3.63) is 82.0 Å². The van der Waals surface area contributed by atoms with Crippen molar-refractivity contribution in [1.82, 2.24) is 9.21 Å². The second-order valence-corrected chi connectivity index (χ2v) is 11.6. The molecule has 36 heavy (non-hydrogen) atoms. The number of amides is 1. The summed E-state index contributed by atoms with van der Waals surface area (Å²) >= 11 is 1.44. The van der Waals surface area contributed by atoms with Crippen LogP contribution in [-0.2, 0) is 16.6 Å². The maximum Gasteiger partial charge on any atom is 0.269 e. The first kappa shape index (κ1) is 24.4. The average molecular weight is 522 g/mol. The maximum atomic E-state index is 13.6. The first-order valence-corrected chi connectivity index (χ1v) is 14.2. The molecule has 0 radical (unpaired) electrons. The van der Waals surface area contributed by atoms with Crippen LogP contribution in [0.15, 0.2) is 70.4 Å². The molecule has 9 heteroatoms. The van der Waals surface area contributed by atoms with E-state index in [9.17, 15) is 18.0 Å². The van der Waals surface area contributed by atoms with E-state index in [2.05, 4.69) is 24.1 Å². The molecule has 7 nitrogen and oxygen atoms in total. The third kappa shape index (κ3) is 4.07. The summed E-state index contributed by atoms with van der Waals surface area (Å²) in [6.45, 7) is 7.48. The van der Waals surface area contributed by atoms with Crippen molar-refractivity contribution in [2.24, 2.45) is 0 Å². The number of benzene rings is 3. The Labute approximate surface area is 214 Å². The molecule has 186 valence electrons. The van der Waals surface area contributed by atoms with Crippen LogP contribution in [-0.4, -0.2) is 49.7 Å². The molecule has 0 unspecified atom stereocenters. The van der Waals surface area contributed by atoms with Crippen molar-refractivity contribution >= 4 is 53.1 Å². The number of rotatable bonds is 8. The zero-order valence-electron chi connectivity index (χ0n) is 20.2. The van der Waals surface area contributed by atoms with Gasteiger partial charge in [0.1, 0.15) is 4.90 Å². The first-order valence-electron chi connectivity index (χ1n) is 12.0. The molecule has 1 aliphatic heterocycles. The summed E-state index contributed by atoms with van der Waals surface area (Å²) in [7, 11) is -3.97. The molecule has 0 aliphatic carbocycles. The Morgan fingerprint density at radius 3 is 2.42 bits per heavy atom. The molecule has 1 amide bonds. The van der Waals surface area contributed by atoms with Gasteiger partial charge in [-0.15, -0.1) is 11.3 Å². The lowest BCUT2D eigenvalue weighted by Crippen LogP contribution is -2.30. The van der Waals surface area contributed by atoms with Crippen molar-refractivity contribution in [2.75, 3.05) is 31.5 Å². The largest absolute Gasteiger partial charge is 0.383 e. The fourth-order valence-electron chi connectivity index (χ4n) is 4.66. The average Bonchev–Trinajstić information content (AvgIpc) is 3.08. The Kier molecular flexibility index (Phi) is 6.55. The molecule has 0 saturated carbocycles. The Morgan fingerprint density at radius 1 is 0.944 bits per heavy atom. The van der Waals surface area contributed by atoms with Gasteiger partial charge >= 0.3 is 0 Å². The smallest absolute Gasteiger partial charge is 0.269 e. The van der Waals surface area contributed by atoms with Crippen molar-refractivity contribution in [3.8, 4) is 0 Å². The molecular weight excluding hydrogens is 494 g/mol. The van der Waals surface area contributed by atoms with E-state index in [0.717, 1.165) is 28.6 Å². The second-order valence-electron chi connectivity index (χ2n) is 8.67. The number of nitrogens with one attached hydrogen (secondary N) is 1. The molecule has 0 spiro atoms. The highest BCUT2D eigenvalue weighted by atomic mass is 32.2. The van der Waals surface area contributed by atoms with Crippen molar-refractivity contribution in [1.29, 1.82) is 0 Å². The van der Waals surface area contributed by atoms with Gasteiger partial charge in [-0.2, -0.15) is 0 Å². The SMILES string of the molecule is CCN(CC)CCNc1ccc(CN2C(=O)c3ccccc3S2(=O)=O)c2sc3ccccc3c(=O)c12. The fraction of sp³-hybridized carbons (Fsp3) is 0.259. The van der Waals surface area contributed by atoms with Crippen LogP contribution in [0.25, 0.3) is 20.2 Å². The Balaban J connectivity index is 1.60. The van der Waals surface area contributed by atoms with Crippen LogP contribution in [0, 0.1) is 0 Å². The lowest BCUT2D eigenvalue weighted by atomic mass is 10.1. The summed E-state index contributed by atoms with van der Waals surface area (Å²) < 4.78 is 28.8. The molecule has 5 rings (SSSR count). The zero-order valence-corrected chi connectivity index (χ0v) is 21.8. The van der Waals surface area contributed by atoms with Gasteiger partial charge in [-0.3, -0.25) is 9.59 Å². The summed E-state index contributed by atoms with van der Waals surface area (Å²) in [5.41, 5.74) is 1.41. The zero-order chi connectivity index (χ0) is 25.4. The van der Waals surface area contributed by atoms with Gasteiger partial charge in [-0.05, 0) is 49.0 Å². The van der Waals surface area contributed by atoms with Crippen molar-refractivity contribution in [2.45, 2.75) is 25.3 Å². The van der Waals surface area contributed by atoms with E-state index in [4.69, 9.17) is 0 Å². The summed E-state index contributed by atoms with van der Waals surface area (Å²) in [4.78, 5) is 29.0. The lowest BCUT2D eigenvalue weighted by Gasteiger charge is -2.20. The maximum absolute atomic E-state index is 13.6. The van der Waals surface area contributed by atoms with Crippen molar-refractivity contribution in [3.63, 3.8) is 0 Å². The number of fused-ring (bicyclic) bond motifs is 3. The highest BCUT2D eigenvalue weighted by molar-refractivity contribution is 7.90. The minimum atomic E-state index is -3.97. The monoisotopic (exact) mass is 521 g/mol. The highest BCUT2D eigenvalue weighted by Crippen LogP contribution is 2.36. The molecular formula is C27H27N3O4S2. The Bertz CT molecular complexity index is 1640. The quantitative estimate of drug-likeness (QED) is 0.343. The number of anilines is 1. The predicted molar refractivity (Wildman–Crippen MR) is 145 cm³/mol. The van der Waals surface area contributed by atoms with E-state index in [1.54, 1.807) is 12.1 Å². The van der Waals surface area contributed by atoms with Crippen LogP contribution in [0.1, 0.15) is 29.8 Å². The summed E-state index contributed by atoms with van der Waals surface area (Å²) in [6, 6.07) is 17.3. The van der Waals surface area contributed by atoms with Crippen LogP contribution in [0.2, 0.25) is 0 Å². The molecule has 1 aliphatic rings. The first-order chi connectivity index (χ1) is 17.4. The topological polar surface area (TPSA) is 86.8 Å². The summed E-state index contributed by atoms with van der Waals surface area (Å²) in [6.07, 6.45) is 0. The van der Waals surface area contributed by atoms with Gasteiger partial charge in [0.05, 0.1) is 17.5 Å². The van der Waals surface area contributed by atoms with Gasteiger partial charge < -0.3 is 10.2 Å². The second kappa shape index (κ2) is 9.65. The van der Waals surface area contributed by atoms with E-state index < -0.39 is 15.9 Å². The number of carbonyl (C=O) groups is 1. The molecule has 0 fully saturated rings. The summed E-state index contributed by atoms with van der Waals surface area (Å²) in [5.74, 6) is -0.548. The van der Waals surface area contributed by atoms with Gasteiger partial charge in [0, 0.05) is 33.6 Å². The van der Waals surface area contributed by atoms with Gasteiger partial charge in [0.15, 0.2) is 5.43 Å². The Morgan fingerprint density at radius 2 is 1.67 bits per heavy atom. The number of hydrogen-bond donors (Lipinski definition) is 1. The predicted octanol–water partition coefficient (Wildman–Crippen LogP) is 4.51. The van der Waals surface area contributed by atoms with Crippen LogP contribution >= 0.6 is 11.3 Å². The number of nitrogens with zero attached hydrogens (tertiary/aromatic N) is 2. The van der Waals surface area contributed by atoms with Crippen LogP contribution in [0.3, 0.4) is 0 Å². The standard InChI is InChI=1S/C27H27N3O4S2/c1-3-29(4-2)16-15-28-21-14-13-18(26-24(21)25(31)19-9-5-7-11-22(19)35-26)17-30-27(32)20-10-6-8-12-23(20)36(30,33)34/h5-14,28H,3-4,15-17H2,1-2H3. The molecule has 3 aromatic carbocycles. The van der Waals surface area contributed by atoms with Gasteiger partial charge in [0.2, 0.25) is 0 Å². The molecule has 1 N–H and O–H groups in total. The number of hydrogen-bond acceptors (Lipinski definition) is 7. The number of likely N-dealkylation sites (N-methyl/N-ethyl adjacent to an activating group) is 1. The van der Waals surface area contributed by atoms with E-state index in [1.807, 2.05) is 36.4 Å². The van der Waals surface area contributed by atoms with Crippen LogP contribution in [0.5, 0.6) is 0 Å². The molecule has 4 aromatic rings. The molecule has 2 heterocycles. The number of carbonyl (C=O) groups excluding carboxylic acids is 1. The van der Waals surface area contributed by atoms with Crippen LogP contribution in [0.4, 0.5) is 5.69 Å².